The van der Waals surface area contributed by atoms with Gasteiger partial charge in [-0.1, -0.05) is 5.21 Å². The number of nitrogens with zero attached hydrogens (tertiary/aromatic N) is 6. The van der Waals surface area contributed by atoms with E-state index >= 15 is 0 Å². The molecule has 1 aliphatic heterocycles. The van der Waals surface area contributed by atoms with Crippen LogP contribution < -0.4 is 0 Å². The summed E-state index contributed by atoms with van der Waals surface area (Å²) in [6.07, 6.45) is 9.26. The Morgan fingerprint density at radius 1 is 1.18 bits per heavy atom. The van der Waals surface area contributed by atoms with Crippen LogP contribution in [0.3, 0.4) is 0 Å². The van der Waals surface area contributed by atoms with Crippen LogP contribution in [0.2, 0.25) is 0 Å². The Bertz CT molecular complexity index is 670. The number of likely N-dealkylation sites (tertiary alicyclic amines) is 1. The molecule has 1 aliphatic carbocycles. The van der Waals surface area contributed by atoms with Gasteiger partial charge in [0.25, 0.3) is 0 Å². The van der Waals surface area contributed by atoms with Crippen molar-refractivity contribution in [3.8, 4) is 0 Å². The van der Waals surface area contributed by atoms with Crippen LogP contribution in [0.5, 0.6) is 0 Å². The highest BCUT2D eigenvalue weighted by Crippen LogP contribution is 2.34. The van der Waals surface area contributed by atoms with Gasteiger partial charge in [0.2, 0.25) is 0 Å². The number of aryl methyl sites for hydroxylation is 2. The second-order valence-electron chi connectivity index (χ2n) is 6.61. The Balaban J connectivity index is 1.61. The average molecular weight is 300 g/mol. The molecule has 1 fully saturated rings. The van der Waals surface area contributed by atoms with Crippen molar-refractivity contribution in [1.29, 1.82) is 0 Å². The average Bonchev–Trinajstić information content (AvgIpc) is 3.21. The predicted molar refractivity (Wildman–Crippen MR) is 83.2 cm³/mol. The second kappa shape index (κ2) is 5.50. The standard InChI is InChI=1S/C16H24N6/c1-20-14-7-4-3-6-13(14)18-16(20)15-8-5-9-22(15)11-12-10-17-19-21(12)2/h10,15H,3-9,11H2,1-2H3. The van der Waals surface area contributed by atoms with Crippen LogP contribution in [0, 0.1) is 0 Å². The number of imidazole rings is 1. The number of hydrogen-bond donors (Lipinski definition) is 0. The minimum absolute atomic E-state index is 0.436. The largest absolute Gasteiger partial charge is 0.334 e. The van der Waals surface area contributed by atoms with Crippen LogP contribution in [-0.2, 0) is 33.5 Å². The third kappa shape index (κ3) is 2.26. The summed E-state index contributed by atoms with van der Waals surface area (Å²) in [5.74, 6) is 1.26. The van der Waals surface area contributed by atoms with Crippen molar-refractivity contribution >= 4 is 0 Å². The van der Waals surface area contributed by atoms with E-state index in [0.717, 1.165) is 19.5 Å². The predicted octanol–water partition coefficient (Wildman–Crippen LogP) is 1.76. The Morgan fingerprint density at radius 3 is 2.82 bits per heavy atom. The first-order valence-electron chi connectivity index (χ1n) is 8.36. The van der Waals surface area contributed by atoms with Crippen molar-refractivity contribution in [2.75, 3.05) is 6.54 Å². The first kappa shape index (κ1) is 13.9. The number of rotatable bonds is 3. The molecule has 0 amide bonds. The van der Waals surface area contributed by atoms with Crippen molar-refractivity contribution in [3.63, 3.8) is 0 Å². The van der Waals surface area contributed by atoms with Crippen LogP contribution >= 0.6 is 0 Å². The van der Waals surface area contributed by atoms with Gasteiger partial charge in [-0.25, -0.2) is 4.98 Å². The maximum atomic E-state index is 5.02. The zero-order chi connectivity index (χ0) is 15.1. The molecule has 0 spiro atoms. The smallest absolute Gasteiger partial charge is 0.126 e. The molecule has 3 heterocycles. The summed E-state index contributed by atoms with van der Waals surface area (Å²) >= 11 is 0. The fraction of sp³-hybridized carbons (Fsp3) is 0.688. The quantitative estimate of drug-likeness (QED) is 0.867. The molecule has 6 heteroatoms. The molecule has 2 aliphatic rings. The highest BCUT2D eigenvalue weighted by molar-refractivity contribution is 5.22. The van der Waals surface area contributed by atoms with Gasteiger partial charge in [-0.3, -0.25) is 9.58 Å². The summed E-state index contributed by atoms with van der Waals surface area (Å²) in [4.78, 5) is 7.55. The lowest BCUT2D eigenvalue weighted by molar-refractivity contribution is 0.230. The number of aromatic nitrogens is 5. The van der Waals surface area contributed by atoms with E-state index in [0.29, 0.717) is 6.04 Å². The molecule has 0 bridgehead atoms. The normalized spacial score (nSPS) is 22.2. The molecule has 4 rings (SSSR count). The molecule has 1 atom stereocenters. The SMILES string of the molecule is Cn1nncc1CN1CCCC1c1nc2c(n1C)CCCC2. The van der Waals surface area contributed by atoms with E-state index in [9.17, 15) is 0 Å². The minimum Gasteiger partial charge on any atom is -0.334 e. The van der Waals surface area contributed by atoms with E-state index in [2.05, 4.69) is 26.8 Å². The lowest BCUT2D eigenvalue weighted by Gasteiger charge is -2.24. The number of fused-ring (bicyclic) bond motifs is 1. The molecule has 118 valence electrons. The van der Waals surface area contributed by atoms with Crippen molar-refractivity contribution in [2.45, 2.75) is 51.1 Å². The van der Waals surface area contributed by atoms with Crippen LogP contribution in [0.1, 0.15) is 54.6 Å². The highest BCUT2D eigenvalue weighted by Gasteiger charge is 2.31. The van der Waals surface area contributed by atoms with Crippen LogP contribution in [0.4, 0.5) is 0 Å². The van der Waals surface area contributed by atoms with E-state index in [1.807, 2.05) is 17.9 Å². The molecule has 2 aromatic heterocycles. The van der Waals surface area contributed by atoms with E-state index in [1.54, 1.807) is 0 Å². The minimum atomic E-state index is 0.436. The summed E-state index contributed by atoms with van der Waals surface area (Å²) in [5.41, 5.74) is 3.99. The molecule has 0 radical (unpaired) electrons. The number of hydrogen-bond acceptors (Lipinski definition) is 4. The molecule has 1 unspecified atom stereocenters. The molecule has 0 saturated carbocycles. The first-order chi connectivity index (χ1) is 10.7. The van der Waals surface area contributed by atoms with Gasteiger partial charge in [-0.05, 0) is 45.1 Å². The summed E-state index contributed by atoms with van der Waals surface area (Å²) in [6, 6.07) is 0.436. The summed E-state index contributed by atoms with van der Waals surface area (Å²) in [7, 11) is 4.17. The summed E-state index contributed by atoms with van der Waals surface area (Å²) < 4.78 is 4.25. The lowest BCUT2D eigenvalue weighted by atomic mass is 10.0. The van der Waals surface area contributed by atoms with Crippen molar-refractivity contribution in [1.82, 2.24) is 29.4 Å². The van der Waals surface area contributed by atoms with Gasteiger partial charge in [-0.2, -0.15) is 0 Å². The van der Waals surface area contributed by atoms with Crippen molar-refractivity contribution in [2.24, 2.45) is 14.1 Å². The first-order valence-corrected chi connectivity index (χ1v) is 8.36. The van der Waals surface area contributed by atoms with Gasteiger partial charge in [0.15, 0.2) is 0 Å². The highest BCUT2D eigenvalue weighted by atomic mass is 15.4. The van der Waals surface area contributed by atoms with Crippen LogP contribution in [-0.4, -0.2) is 36.0 Å². The maximum absolute atomic E-state index is 5.02. The van der Waals surface area contributed by atoms with Gasteiger partial charge in [0, 0.05) is 26.3 Å². The fourth-order valence-electron chi connectivity index (χ4n) is 3.97. The van der Waals surface area contributed by atoms with Gasteiger partial charge in [0.1, 0.15) is 5.82 Å². The summed E-state index contributed by atoms with van der Waals surface area (Å²) in [5, 5.41) is 8.04. The molecule has 2 aromatic rings. The third-order valence-electron chi connectivity index (χ3n) is 5.24. The molecule has 6 nitrogen and oxygen atoms in total. The van der Waals surface area contributed by atoms with Crippen molar-refractivity contribution in [3.05, 3.63) is 29.1 Å². The van der Waals surface area contributed by atoms with Crippen LogP contribution in [0.15, 0.2) is 6.20 Å². The van der Waals surface area contributed by atoms with Gasteiger partial charge >= 0.3 is 0 Å². The fourth-order valence-corrected chi connectivity index (χ4v) is 3.97. The van der Waals surface area contributed by atoms with Gasteiger partial charge in [-0.15, -0.1) is 5.10 Å². The zero-order valence-electron chi connectivity index (χ0n) is 13.5. The molecule has 0 aromatic carbocycles. The Morgan fingerprint density at radius 2 is 2.05 bits per heavy atom. The monoisotopic (exact) mass is 300 g/mol. The Labute approximate surface area is 131 Å². The second-order valence-corrected chi connectivity index (χ2v) is 6.61. The van der Waals surface area contributed by atoms with Gasteiger partial charge < -0.3 is 4.57 Å². The molecule has 22 heavy (non-hydrogen) atoms. The van der Waals surface area contributed by atoms with E-state index in [4.69, 9.17) is 4.98 Å². The molecule has 1 saturated heterocycles. The molecule has 0 N–H and O–H groups in total. The molecular weight excluding hydrogens is 276 g/mol. The Hall–Kier alpha value is -1.69. The maximum Gasteiger partial charge on any atom is 0.126 e. The van der Waals surface area contributed by atoms with E-state index < -0.39 is 0 Å². The summed E-state index contributed by atoms with van der Waals surface area (Å²) in [6.45, 7) is 2.04. The topological polar surface area (TPSA) is 51.8 Å². The molecular formula is C16H24N6. The van der Waals surface area contributed by atoms with Crippen LogP contribution in [0.25, 0.3) is 0 Å². The lowest BCUT2D eigenvalue weighted by Crippen LogP contribution is -2.26. The van der Waals surface area contributed by atoms with E-state index in [1.165, 1.54) is 55.0 Å². The Kier molecular flexibility index (Phi) is 3.48. The zero-order valence-corrected chi connectivity index (χ0v) is 13.5. The van der Waals surface area contributed by atoms with E-state index in [-0.39, 0.29) is 0 Å². The van der Waals surface area contributed by atoms with Gasteiger partial charge in [0.05, 0.1) is 23.6 Å². The third-order valence-corrected chi connectivity index (χ3v) is 5.24. The van der Waals surface area contributed by atoms with Crippen molar-refractivity contribution < 1.29 is 0 Å².